The highest BCUT2D eigenvalue weighted by Gasteiger charge is 2.29. The van der Waals surface area contributed by atoms with E-state index < -0.39 is 10.0 Å². The number of sulfonamides is 1. The van der Waals surface area contributed by atoms with Crippen molar-refractivity contribution in [3.05, 3.63) is 76.9 Å². The summed E-state index contributed by atoms with van der Waals surface area (Å²) in [6.45, 7) is 6.46. The molecule has 1 aliphatic rings. The van der Waals surface area contributed by atoms with E-state index in [9.17, 15) is 13.2 Å². The quantitative estimate of drug-likeness (QED) is 0.190. The van der Waals surface area contributed by atoms with Crippen molar-refractivity contribution in [3.8, 4) is 16.9 Å². The molecule has 0 atom stereocenters. The van der Waals surface area contributed by atoms with Crippen molar-refractivity contribution in [1.82, 2.24) is 14.3 Å². The van der Waals surface area contributed by atoms with Crippen LogP contribution in [0.25, 0.3) is 11.1 Å². The number of carbonyl (C=O) groups is 1. The van der Waals surface area contributed by atoms with Gasteiger partial charge in [-0.3, -0.25) is 4.79 Å². The Morgan fingerprint density at radius 1 is 0.953 bits per heavy atom. The van der Waals surface area contributed by atoms with Crippen molar-refractivity contribution >= 4 is 56.4 Å². The Labute approximate surface area is 256 Å². The van der Waals surface area contributed by atoms with Crippen LogP contribution in [0.15, 0.2) is 65.7 Å². The van der Waals surface area contributed by atoms with Crippen LogP contribution >= 0.6 is 11.6 Å². The van der Waals surface area contributed by atoms with E-state index in [0.717, 1.165) is 40.8 Å². The number of anilines is 5. The number of carbonyl (C=O) groups excluding carboxylic acids is 1. The van der Waals surface area contributed by atoms with E-state index in [2.05, 4.69) is 25.9 Å². The van der Waals surface area contributed by atoms with E-state index >= 15 is 0 Å². The van der Waals surface area contributed by atoms with Crippen molar-refractivity contribution < 1.29 is 17.9 Å². The number of aromatic nitrogens is 2. The molecule has 224 valence electrons. The summed E-state index contributed by atoms with van der Waals surface area (Å²) in [7, 11) is -2.10. The van der Waals surface area contributed by atoms with Crippen LogP contribution in [0.4, 0.5) is 28.8 Å². The van der Waals surface area contributed by atoms with E-state index in [1.165, 1.54) is 17.4 Å². The van der Waals surface area contributed by atoms with Crippen molar-refractivity contribution in [2.24, 2.45) is 0 Å². The second kappa shape index (κ2) is 12.6. The predicted molar refractivity (Wildman–Crippen MR) is 170 cm³/mol. The minimum absolute atomic E-state index is 0.125. The van der Waals surface area contributed by atoms with Gasteiger partial charge in [-0.1, -0.05) is 29.8 Å². The molecule has 43 heavy (non-hydrogen) atoms. The molecule has 1 fully saturated rings. The fourth-order valence-corrected chi connectivity index (χ4v) is 6.92. The van der Waals surface area contributed by atoms with Gasteiger partial charge >= 0.3 is 0 Å². The number of benzene rings is 3. The normalized spacial score (nSPS) is 13.5. The number of halogens is 1. The van der Waals surface area contributed by atoms with Crippen LogP contribution in [0.2, 0.25) is 5.02 Å². The summed E-state index contributed by atoms with van der Waals surface area (Å²) in [5.74, 6) is 0.944. The lowest BCUT2D eigenvalue weighted by atomic mass is 9.95. The number of methoxy groups -OCH3 is 1. The summed E-state index contributed by atoms with van der Waals surface area (Å²) in [4.78, 5) is 20.5. The van der Waals surface area contributed by atoms with Crippen LogP contribution in [-0.2, 0) is 14.8 Å². The number of rotatable bonds is 9. The van der Waals surface area contributed by atoms with Gasteiger partial charge < -0.3 is 20.7 Å². The number of para-hydroxylation sites is 1. The Bertz CT molecular complexity index is 1790. The van der Waals surface area contributed by atoms with Crippen molar-refractivity contribution in [2.45, 2.75) is 38.5 Å². The largest absolute Gasteiger partial charge is 0.495 e. The molecule has 1 saturated heterocycles. The summed E-state index contributed by atoms with van der Waals surface area (Å²) in [5.41, 5.74) is 5.71. The molecule has 1 aromatic heterocycles. The Kier molecular flexibility index (Phi) is 8.86. The predicted octanol–water partition coefficient (Wildman–Crippen LogP) is 6.65. The topological polar surface area (TPSA) is 126 Å². The first-order valence-corrected chi connectivity index (χ1v) is 15.6. The molecule has 3 N–H and O–H groups in total. The van der Waals surface area contributed by atoms with E-state index in [1.807, 2.05) is 44.2 Å². The van der Waals surface area contributed by atoms with E-state index in [0.29, 0.717) is 30.2 Å². The van der Waals surface area contributed by atoms with Crippen LogP contribution in [0.1, 0.15) is 30.9 Å². The van der Waals surface area contributed by atoms with Crippen molar-refractivity contribution in [1.29, 1.82) is 0 Å². The number of nitrogens with zero attached hydrogens (tertiary/aromatic N) is 3. The summed E-state index contributed by atoms with van der Waals surface area (Å²) in [6.07, 6.45) is 3.14. The van der Waals surface area contributed by atoms with Gasteiger partial charge in [0, 0.05) is 25.7 Å². The smallest absolute Gasteiger partial charge is 0.245 e. The summed E-state index contributed by atoms with van der Waals surface area (Å²) in [5, 5.41) is 9.36. The van der Waals surface area contributed by atoms with E-state index in [1.54, 1.807) is 31.4 Å². The zero-order valence-electron chi connectivity index (χ0n) is 24.4. The molecule has 5 rings (SSSR count). The third-order valence-corrected chi connectivity index (χ3v) is 9.43. The molecule has 0 bridgehead atoms. The maximum atomic E-state index is 13.3. The van der Waals surface area contributed by atoms with Crippen molar-refractivity contribution in [2.75, 3.05) is 36.1 Å². The molecule has 12 heteroatoms. The fraction of sp³-hybridized carbons (Fsp3) is 0.258. The first-order valence-electron chi connectivity index (χ1n) is 13.8. The average Bonchev–Trinajstić information content (AvgIpc) is 3.52. The third kappa shape index (κ3) is 6.58. The molecule has 10 nitrogen and oxygen atoms in total. The highest BCUT2D eigenvalue weighted by Crippen LogP contribution is 2.38. The maximum absolute atomic E-state index is 13.3. The zero-order chi connectivity index (χ0) is 30.7. The molecule has 0 spiro atoms. The van der Waals surface area contributed by atoms with Gasteiger partial charge in [-0.15, -0.1) is 0 Å². The number of amides is 1. The second-order valence-corrected chi connectivity index (χ2v) is 12.6. The molecule has 0 aliphatic carbocycles. The Hall–Kier alpha value is -4.19. The van der Waals surface area contributed by atoms with E-state index in [4.69, 9.17) is 16.3 Å². The number of aryl methyl sites for hydroxylation is 2. The zero-order valence-corrected chi connectivity index (χ0v) is 25.9. The monoisotopic (exact) mass is 620 g/mol. The first-order chi connectivity index (χ1) is 20.6. The summed E-state index contributed by atoms with van der Waals surface area (Å²) < 4.78 is 33.9. The van der Waals surface area contributed by atoms with Gasteiger partial charge in [0.15, 0.2) is 5.82 Å². The average molecular weight is 621 g/mol. The van der Waals surface area contributed by atoms with Crippen LogP contribution in [-0.4, -0.2) is 48.8 Å². The number of nitrogens with one attached hydrogen (secondary N) is 3. The molecule has 3 aromatic carbocycles. The van der Waals surface area contributed by atoms with Gasteiger partial charge in [-0.2, -0.15) is 9.29 Å². The SMILES string of the molecule is COc1cc(-c2ccc(NC(C)=O)cc2C)c(C)cc1Nc1ncc(Cl)c(Nc2ccccc2S(=O)(=O)N2CCCC2)n1. The Morgan fingerprint density at radius 3 is 2.37 bits per heavy atom. The maximum Gasteiger partial charge on any atom is 0.245 e. The molecule has 2 heterocycles. The third-order valence-electron chi connectivity index (χ3n) is 7.20. The van der Waals surface area contributed by atoms with Gasteiger partial charge in [0.2, 0.25) is 21.9 Å². The molecule has 4 aromatic rings. The minimum atomic E-state index is -3.68. The van der Waals surface area contributed by atoms with Crippen LogP contribution in [0.5, 0.6) is 5.75 Å². The van der Waals surface area contributed by atoms with Gasteiger partial charge in [0.05, 0.1) is 24.7 Å². The first kappa shape index (κ1) is 30.3. The second-order valence-electron chi connectivity index (χ2n) is 10.3. The highest BCUT2D eigenvalue weighted by molar-refractivity contribution is 7.89. The van der Waals surface area contributed by atoms with Gasteiger partial charge in [0.25, 0.3) is 0 Å². The minimum Gasteiger partial charge on any atom is -0.495 e. The Balaban J connectivity index is 1.43. The number of ether oxygens (including phenoxy) is 1. The summed E-state index contributed by atoms with van der Waals surface area (Å²) in [6, 6.07) is 16.4. The van der Waals surface area contributed by atoms with Gasteiger partial charge in [0.1, 0.15) is 15.7 Å². The lowest BCUT2D eigenvalue weighted by Crippen LogP contribution is -2.28. The van der Waals surface area contributed by atoms with Crippen LogP contribution in [0, 0.1) is 13.8 Å². The molecule has 0 radical (unpaired) electrons. The Morgan fingerprint density at radius 2 is 1.67 bits per heavy atom. The molecular weight excluding hydrogens is 588 g/mol. The van der Waals surface area contributed by atoms with Crippen LogP contribution < -0.4 is 20.7 Å². The lowest BCUT2D eigenvalue weighted by Gasteiger charge is -2.19. The number of hydrogen-bond donors (Lipinski definition) is 3. The molecule has 0 unspecified atom stereocenters. The molecule has 1 amide bonds. The standard InChI is InChI=1S/C31H33ClN6O4S/c1-19-15-22(34-21(3)39)11-12-23(19)24-17-28(42-4)27(16-20(24)2)36-31-33-18-25(32)30(37-31)35-26-9-5-6-10-29(26)43(40,41)38-13-7-8-14-38/h5-6,9-12,15-18H,7-8,13-14H2,1-4H3,(H,34,39)(H2,33,35,36,37). The fourth-order valence-electron chi connectivity index (χ4n) is 5.12. The molecule has 0 saturated carbocycles. The van der Waals surface area contributed by atoms with Gasteiger partial charge in [-0.25, -0.2) is 13.4 Å². The highest BCUT2D eigenvalue weighted by atomic mass is 35.5. The lowest BCUT2D eigenvalue weighted by molar-refractivity contribution is -0.114. The molecular formula is C31H33ClN6O4S. The molecule has 1 aliphatic heterocycles. The van der Waals surface area contributed by atoms with Gasteiger partial charge in [-0.05, 0) is 85.3 Å². The summed E-state index contributed by atoms with van der Waals surface area (Å²) >= 11 is 6.45. The van der Waals surface area contributed by atoms with E-state index in [-0.39, 0.29) is 27.6 Å². The number of hydrogen-bond acceptors (Lipinski definition) is 8. The van der Waals surface area contributed by atoms with Crippen molar-refractivity contribution in [3.63, 3.8) is 0 Å². The van der Waals surface area contributed by atoms with Crippen LogP contribution in [0.3, 0.4) is 0 Å².